The normalized spacial score (nSPS) is 24.4. The van der Waals surface area contributed by atoms with Crippen molar-refractivity contribution >= 4 is 24.4 Å². The molecule has 1 amide bonds. The SMILES string of the molecule is CN(C(=O)C(O)CO)C1CCCN(c2ncc(B3OC(C)(C)C(C)(C)O3)cn2)C1. The number of piperidine rings is 1. The quantitative estimate of drug-likeness (QED) is 0.634. The molecular weight excluding hydrogens is 375 g/mol. The molecule has 0 spiro atoms. The lowest BCUT2D eigenvalue weighted by atomic mass is 9.81. The highest BCUT2D eigenvalue weighted by Gasteiger charge is 2.52. The molecule has 2 aliphatic rings. The molecule has 3 heterocycles. The molecule has 2 aliphatic heterocycles. The molecule has 2 unspecified atom stereocenters. The Kier molecular flexibility index (Phi) is 6.19. The van der Waals surface area contributed by atoms with E-state index < -0.39 is 36.9 Å². The number of nitrogens with zero attached hydrogens (tertiary/aromatic N) is 4. The lowest BCUT2D eigenvalue weighted by Crippen LogP contribution is -2.52. The topological polar surface area (TPSA) is 108 Å². The number of hydrogen-bond donors (Lipinski definition) is 2. The van der Waals surface area contributed by atoms with Crippen LogP contribution in [0.5, 0.6) is 0 Å². The van der Waals surface area contributed by atoms with Gasteiger partial charge in [-0.2, -0.15) is 0 Å². The van der Waals surface area contributed by atoms with Crippen LogP contribution >= 0.6 is 0 Å². The minimum Gasteiger partial charge on any atom is -0.399 e. The van der Waals surface area contributed by atoms with Crippen LogP contribution in [0.15, 0.2) is 12.4 Å². The van der Waals surface area contributed by atoms with Crippen LogP contribution in [-0.2, 0) is 14.1 Å². The summed E-state index contributed by atoms with van der Waals surface area (Å²) >= 11 is 0. The Morgan fingerprint density at radius 1 is 1.31 bits per heavy atom. The Bertz CT molecular complexity index is 714. The Balaban J connectivity index is 1.66. The standard InChI is InChI=1S/C19H31BN4O5/c1-18(2)19(3,4)29-20(28-18)13-9-21-17(22-10-13)24-8-6-7-14(11-24)23(5)16(27)15(26)12-25/h9-10,14-15,25-26H,6-8,11-12H2,1-5H3. The summed E-state index contributed by atoms with van der Waals surface area (Å²) in [4.78, 5) is 24.7. The maximum atomic E-state index is 12.2. The van der Waals surface area contributed by atoms with Crippen LogP contribution < -0.4 is 10.4 Å². The number of rotatable bonds is 5. The van der Waals surface area contributed by atoms with Crippen molar-refractivity contribution in [2.24, 2.45) is 0 Å². The molecule has 0 aliphatic carbocycles. The lowest BCUT2D eigenvalue weighted by molar-refractivity contribution is -0.143. The fourth-order valence-corrected chi connectivity index (χ4v) is 3.54. The molecule has 0 radical (unpaired) electrons. The summed E-state index contributed by atoms with van der Waals surface area (Å²) in [5, 5.41) is 18.6. The number of amides is 1. The Morgan fingerprint density at radius 2 is 1.90 bits per heavy atom. The highest BCUT2D eigenvalue weighted by molar-refractivity contribution is 6.61. The van der Waals surface area contributed by atoms with Gasteiger partial charge >= 0.3 is 7.12 Å². The van der Waals surface area contributed by atoms with Gasteiger partial charge < -0.3 is 29.3 Å². The van der Waals surface area contributed by atoms with Gasteiger partial charge in [-0.3, -0.25) is 4.79 Å². The summed E-state index contributed by atoms with van der Waals surface area (Å²) in [6, 6.07) is -0.0798. The molecule has 0 saturated carbocycles. The zero-order valence-corrected chi connectivity index (χ0v) is 17.8. The summed E-state index contributed by atoms with van der Waals surface area (Å²) < 4.78 is 12.1. The average molecular weight is 406 g/mol. The van der Waals surface area contributed by atoms with Crippen LogP contribution in [0, 0.1) is 0 Å². The first-order valence-corrected chi connectivity index (χ1v) is 10.0. The molecule has 3 rings (SSSR count). The second-order valence-corrected chi connectivity index (χ2v) is 8.79. The zero-order chi connectivity index (χ0) is 21.4. The summed E-state index contributed by atoms with van der Waals surface area (Å²) in [6.07, 6.45) is 3.76. The van der Waals surface area contributed by atoms with Crippen LogP contribution in [0.3, 0.4) is 0 Å². The van der Waals surface area contributed by atoms with Gasteiger partial charge in [0.2, 0.25) is 5.95 Å². The molecule has 29 heavy (non-hydrogen) atoms. The molecule has 10 heteroatoms. The van der Waals surface area contributed by atoms with E-state index in [4.69, 9.17) is 14.4 Å². The number of aromatic nitrogens is 2. The fraction of sp³-hybridized carbons (Fsp3) is 0.737. The van der Waals surface area contributed by atoms with E-state index in [1.807, 2.05) is 32.6 Å². The monoisotopic (exact) mass is 406 g/mol. The second-order valence-electron chi connectivity index (χ2n) is 8.79. The molecule has 0 bridgehead atoms. The van der Waals surface area contributed by atoms with E-state index in [0.29, 0.717) is 12.5 Å². The van der Waals surface area contributed by atoms with Crippen molar-refractivity contribution in [2.45, 2.75) is 63.9 Å². The first kappa shape index (κ1) is 22.0. The molecule has 2 saturated heterocycles. The maximum Gasteiger partial charge on any atom is 0.498 e. The van der Waals surface area contributed by atoms with Crippen LogP contribution in [-0.4, -0.2) is 88.2 Å². The van der Waals surface area contributed by atoms with E-state index in [9.17, 15) is 9.90 Å². The van der Waals surface area contributed by atoms with Crippen LogP contribution in [0.1, 0.15) is 40.5 Å². The molecule has 9 nitrogen and oxygen atoms in total. The van der Waals surface area contributed by atoms with Crippen molar-refractivity contribution < 1.29 is 24.3 Å². The van der Waals surface area contributed by atoms with Gasteiger partial charge in [-0.05, 0) is 40.5 Å². The van der Waals surface area contributed by atoms with Crippen molar-refractivity contribution in [3.63, 3.8) is 0 Å². The number of carbonyl (C=O) groups excluding carboxylic acids is 1. The molecule has 2 atom stereocenters. The van der Waals surface area contributed by atoms with Gasteiger partial charge in [0.25, 0.3) is 5.91 Å². The van der Waals surface area contributed by atoms with Gasteiger partial charge in [-0.1, -0.05) is 0 Å². The van der Waals surface area contributed by atoms with Gasteiger partial charge in [0.1, 0.15) is 0 Å². The third-order valence-corrected chi connectivity index (χ3v) is 6.22. The average Bonchev–Trinajstić information content (AvgIpc) is 2.93. The third kappa shape index (κ3) is 4.40. The second kappa shape index (κ2) is 8.18. The van der Waals surface area contributed by atoms with Crippen molar-refractivity contribution in [3.8, 4) is 0 Å². The molecular formula is C19H31BN4O5. The molecule has 2 fully saturated rings. The Morgan fingerprint density at radius 3 is 2.45 bits per heavy atom. The van der Waals surface area contributed by atoms with E-state index in [1.54, 1.807) is 19.4 Å². The van der Waals surface area contributed by atoms with Gasteiger partial charge in [-0.25, -0.2) is 9.97 Å². The predicted octanol–water partition coefficient (Wildman–Crippen LogP) is -0.444. The minimum atomic E-state index is -1.38. The highest BCUT2D eigenvalue weighted by Crippen LogP contribution is 2.36. The minimum absolute atomic E-state index is 0.0798. The van der Waals surface area contributed by atoms with Crippen molar-refractivity contribution in [1.29, 1.82) is 0 Å². The van der Waals surface area contributed by atoms with E-state index in [0.717, 1.165) is 24.8 Å². The summed E-state index contributed by atoms with van der Waals surface area (Å²) in [5.74, 6) is 0.106. The smallest absolute Gasteiger partial charge is 0.399 e. The van der Waals surface area contributed by atoms with Gasteiger partial charge in [0.05, 0.1) is 17.8 Å². The number of likely N-dealkylation sites (N-methyl/N-ethyl adjacent to an activating group) is 1. The van der Waals surface area contributed by atoms with Gasteiger partial charge in [-0.15, -0.1) is 0 Å². The first-order chi connectivity index (χ1) is 13.6. The van der Waals surface area contributed by atoms with Gasteiger partial charge in [0.15, 0.2) is 6.10 Å². The third-order valence-electron chi connectivity index (χ3n) is 6.22. The number of carbonyl (C=O) groups is 1. The lowest BCUT2D eigenvalue weighted by Gasteiger charge is -2.38. The number of hydrogen-bond acceptors (Lipinski definition) is 8. The molecule has 160 valence electrons. The summed E-state index contributed by atoms with van der Waals surface area (Å²) in [6.45, 7) is 8.78. The molecule has 1 aromatic rings. The van der Waals surface area contributed by atoms with Crippen LogP contribution in [0.2, 0.25) is 0 Å². The number of anilines is 1. The summed E-state index contributed by atoms with van der Waals surface area (Å²) in [5.41, 5.74) is -0.0846. The van der Waals surface area contributed by atoms with Gasteiger partial charge in [0, 0.05) is 44.0 Å². The van der Waals surface area contributed by atoms with E-state index in [2.05, 4.69) is 9.97 Å². The van der Waals surface area contributed by atoms with Crippen LogP contribution in [0.25, 0.3) is 0 Å². The predicted molar refractivity (Wildman–Crippen MR) is 109 cm³/mol. The van der Waals surface area contributed by atoms with Crippen molar-refractivity contribution in [3.05, 3.63) is 12.4 Å². The fourth-order valence-electron chi connectivity index (χ4n) is 3.54. The highest BCUT2D eigenvalue weighted by atomic mass is 16.7. The Labute approximate surface area is 172 Å². The Hall–Kier alpha value is -1.75. The van der Waals surface area contributed by atoms with Crippen molar-refractivity contribution in [2.75, 3.05) is 31.6 Å². The maximum absolute atomic E-state index is 12.2. The van der Waals surface area contributed by atoms with Crippen molar-refractivity contribution in [1.82, 2.24) is 14.9 Å². The number of aliphatic hydroxyl groups excluding tert-OH is 2. The molecule has 0 aromatic carbocycles. The summed E-state index contributed by atoms with van der Waals surface area (Å²) in [7, 11) is 1.14. The largest absolute Gasteiger partial charge is 0.498 e. The zero-order valence-electron chi connectivity index (χ0n) is 17.8. The van der Waals surface area contributed by atoms with E-state index in [-0.39, 0.29) is 6.04 Å². The first-order valence-electron chi connectivity index (χ1n) is 10.0. The number of aliphatic hydroxyl groups is 2. The van der Waals surface area contributed by atoms with E-state index >= 15 is 0 Å². The molecule has 2 N–H and O–H groups in total. The molecule has 1 aromatic heterocycles. The van der Waals surface area contributed by atoms with Crippen LogP contribution in [0.4, 0.5) is 5.95 Å². The van der Waals surface area contributed by atoms with E-state index in [1.165, 1.54) is 4.90 Å².